The van der Waals surface area contributed by atoms with Crippen LogP contribution >= 0.6 is 0 Å². The van der Waals surface area contributed by atoms with Crippen LogP contribution in [0.25, 0.3) is 6.08 Å². The van der Waals surface area contributed by atoms with Gasteiger partial charge < -0.3 is 10.6 Å². The lowest BCUT2D eigenvalue weighted by Gasteiger charge is -2.18. The number of carbonyl (C=O) groups excluding carboxylic acids is 1. The predicted molar refractivity (Wildman–Crippen MR) is 58.9 cm³/mol. The highest BCUT2D eigenvalue weighted by Gasteiger charge is 2.11. The first-order valence-corrected chi connectivity index (χ1v) is 4.57. The lowest BCUT2D eigenvalue weighted by molar-refractivity contribution is 0.112. The summed E-state index contributed by atoms with van der Waals surface area (Å²) < 4.78 is 0. The third-order valence-electron chi connectivity index (χ3n) is 2.34. The van der Waals surface area contributed by atoms with Crippen molar-refractivity contribution in [3.8, 4) is 0 Å². The fourth-order valence-corrected chi connectivity index (χ4v) is 1.68. The molecule has 0 fully saturated rings. The van der Waals surface area contributed by atoms with Gasteiger partial charge in [-0.05, 0) is 11.6 Å². The van der Waals surface area contributed by atoms with Gasteiger partial charge in [0.15, 0.2) is 6.29 Å². The van der Waals surface area contributed by atoms with Crippen LogP contribution in [-0.4, -0.2) is 19.9 Å². The molecule has 1 aromatic rings. The van der Waals surface area contributed by atoms with Gasteiger partial charge in [-0.15, -0.1) is 0 Å². The van der Waals surface area contributed by atoms with Crippen LogP contribution in [0.5, 0.6) is 0 Å². The zero-order chi connectivity index (χ0) is 9.97. The molecule has 2 rings (SSSR count). The van der Waals surface area contributed by atoms with Gasteiger partial charge >= 0.3 is 0 Å². The molecule has 0 aliphatic carbocycles. The van der Waals surface area contributed by atoms with Gasteiger partial charge in [0.05, 0.1) is 11.4 Å². The first-order valence-electron chi connectivity index (χ1n) is 4.57. The van der Waals surface area contributed by atoms with E-state index in [1.807, 2.05) is 19.2 Å². The molecular formula is C11H12N2O. The van der Waals surface area contributed by atoms with Crippen LogP contribution in [0.1, 0.15) is 15.9 Å². The largest absolute Gasteiger partial charge is 0.386 e. The fraction of sp³-hybridized carbons (Fsp3) is 0.182. The molecule has 1 aromatic carbocycles. The number of nitrogens with one attached hydrogen (secondary N) is 2. The van der Waals surface area contributed by atoms with E-state index in [2.05, 4.69) is 22.8 Å². The minimum absolute atomic E-state index is 0.689. The molecule has 1 heterocycles. The average molecular weight is 188 g/mol. The molecule has 0 atom stereocenters. The summed E-state index contributed by atoms with van der Waals surface area (Å²) in [6.45, 7) is 0.810. The van der Waals surface area contributed by atoms with Gasteiger partial charge in [-0.2, -0.15) is 0 Å². The number of aldehydes is 1. The Morgan fingerprint density at radius 1 is 1.50 bits per heavy atom. The molecule has 2 N–H and O–H groups in total. The molecule has 1 aliphatic rings. The molecule has 0 saturated carbocycles. The van der Waals surface area contributed by atoms with Gasteiger partial charge in [0, 0.05) is 19.2 Å². The molecular weight excluding hydrogens is 176 g/mol. The van der Waals surface area contributed by atoms with Crippen LogP contribution in [0, 0.1) is 0 Å². The second-order valence-corrected chi connectivity index (χ2v) is 3.15. The average Bonchev–Trinajstić information content (AvgIpc) is 2.27. The van der Waals surface area contributed by atoms with Gasteiger partial charge in [-0.3, -0.25) is 4.79 Å². The summed E-state index contributed by atoms with van der Waals surface area (Å²) in [6.07, 6.45) is 4.98. The smallest absolute Gasteiger partial charge is 0.152 e. The molecule has 72 valence electrons. The highest BCUT2D eigenvalue weighted by atomic mass is 16.1. The summed E-state index contributed by atoms with van der Waals surface area (Å²) >= 11 is 0. The standard InChI is InChI=1S/C11H12N2O/c1-12-10-9(7-14)5-4-8-3-2-6-13-11(8)10/h2-5,7,12-13H,6H2,1H3. The highest BCUT2D eigenvalue weighted by molar-refractivity contribution is 5.94. The zero-order valence-electron chi connectivity index (χ0n) is 8.00. The summed E-state index contributed by atoms with van der Waals surface area (Å²) in [5.41, 5.74) is 3.70. The first-order chi connectivity index (χ1) is 6.86. The number of carbonyl (C=O) groups is 1. The Morgan fingerprint density at radius 2 is 2.36 bits per heavy atom. The number of rotatable bonds is 2. The molecule has 14 heavy (non-hydrogen) atoms. The summed E-state index contributed by atoms with van der Waals surface area (Å²) in [6, 6.07) is 3.78. The van der Waals surface area contributed by atoms with Crippen molar-refractivity contribution < 1.29 is 4.79 Å². The molecule has 0 bridgehead atoms. The van der Waals surface area contributed by atoms with Gasteiger partial charge in [-0.1, -0.05) is 18.2 Å². The van der Waals surface area contributed by atoms with Gasteiger partial charge in [-0.25, -0.2) is 0 Å². The number of fused-ring (bicyclic) bond motifs is 1. The number of hydrogen-bond acceptors (Lipinski definition) is 3. The van der Waals surface area contributed by atoms with Crippen LogP contribution in [0.2, 0.25) is 0 Å². The zero-order valence-corrected chi connectivity index (χ0v) is 8.00. The maximum Gasteiger partial charge on any atom is 0.152 e. The number of hydrogen-bond donors (Lipinski definition) is 2. The molecule has 0 amide bonds. The normalized spacial score (nSPS) is 12.9. The van der Waals surface area contributed by atoms with Crippen LogP contribution in [0.3, 0.4) is 0 Å². The van der Waals surface area contributed by atoms with Crippen LogP contribution in [0.15, 0.2) is 18.2 Å². The molecule has 0 aromatic heterocycles. The van der Waals surface area contributed by atoms with Crippen molar-refractivity contribution in [1.82, 2.24) is 0 Å². The quantitative estimate of drug-likeness (QED) is 0.697. The Bertz CT molecular complexity index is 397. The first kappa shape index (κ1) is 8.81. The molecule has 3 heteroatoms. The van der Waals surface area contributed by atoms with E-state index >= 15 is 0 Å². The van der Waals surface area contributed by atoms with E-state index in [-0.39, 0.29) is 0 Å². The van der Waals surface area contributed by atoms with E-state index in [0.717, 1.165) is 29.8 Å². The minimum atomic E-state index is 0.689. The Balaban J connectivity index is 2.62. The van der Waals surface area contributed by atoms with Crippen molar-refractivity contribution in [2.45, 2.75) is 0 Å². The second kappa shape index (κ2) is 3.54. The third kappa shape index (κ3) is 1.27. The van der Waals surface area contributed by atoms with Crippen LogP contribution < -0.4 is 10.6 Å². The van der Waals surface area contributed by atoms with Gasteiger partial charge in [0.1, 0.15) is 0 Å². The molecule has 0 unspecified atom stereocenters. The SMILES string of the molecule is CNc1c(C=O)ccc2c1NCC=C2. The maximum atomic E-state index is 10.8. The minimum Gasteiger partial charge on any atom is -0.386 e. The second-order valence-electron chi connectivity index (χ2n) is 3.15. The van der Waals surface area contributed by atoms with Crippen molar-refractivity contribution in [1.29, 1.82) is 0 Å². The molecule has 0 spiro atoms. The van der Waals surface area contributed by atoms with E-state index in [1.165, 1.54) is 0 Å². The fourth-order valence-electron chi connectivity index (χ4n) is 1.68. The van der Waals surface area contributed by atoms with Crippen molar-refractivity contribution in [2.24, 2.45) is 0 Å². The molecule has 0 radical (unpaired) electrons. The van der Waals surface area contributed by atoms with Crippen molar-refractivity contribution in [2.75, 3.05) is 24.2 Å². The summed E-state index contributed by atoms with van der Waals surface area (Å²) in [5.74, 6) is 0. The topological polar surface area (TPSA) is 41.1 Å². The van der Waals surface area contributed by atoms with Crippen LogP contribution in [-0.2, 0) is 0 Å². The van der Waals surface area contributed by atoms with Gasteiger partial charge in [0.2, 0.25) is 0 Å². The molecule has 0 saturated heterocycles. The van der Waals surface area contributed by atoms with Crippen molar-refractivity contribution >= 4 is 23.7 Å². The van der Waals surface area contributed by atoms with Crippen LogP contribution in [0.4, 0.5) is 11.4 Å². The highest BCUT2D eigenvalue weighted by Crippen LogP contribution is 2.31. The van der Waals surface area contributed by atoms with E-state index < -0.39 is 0 Å². The van der Waals surface area contributed by atoms with E-state index in [1.54, 1.807) is 0 Å². The Hall–Kier alpha value is -1.77. The number of anilines is 2. The summed E-state index contributed by atoms with van der Waals surface area (Å²) in [4.78, 5) is 10.8. The van der Waals surface area contributed by atoms with E-state index in [0.29, 0.717) is 5.56 Å². The Kier molecular flexibility index (Phi) is 2.23. The lowest BCUT2D eigenvalue weighted by atomic mass is 10.0. The Labute approximate surface area is 82.8 Å². The molecule has 1 aliphatic heterocycles. The lowest BCUT2D eigenvalue weighted by Crippen LogP contribution is -2.09. The molecule has 3 nitrogen and oxygen atoms in total. The maximum absolute atomic E-state index is 10.8. The Morgan fingerprint density at radius 3 is 3.07 bits per heavy atom. The van der Waals surface area contributed by atoms with E-state index in [4.69, 9.17) is 0 Å². The third-order valence-corrected chi connectivity index (χ3v) is 2.34. The monoisotopic (exact) mass is 188 g/mol. The summed E-state index contributed by atoms with van der Waals surface area (Å²) in [7, 11) is 1.82. The van der Waals surface area contributed by atoms with Crippen molar-refractivity contribution in [3.05, 3.63) is 29.3 Å². The van der Waals surface area contributed by atoms with Gasteiger partial charge in [0.25, 0.3) is 0 Å². The summed E-state index contributed by atoms with van der Waals surface area (Å²) in [5, 5.41) is 6.30. The predicted octanol–water partition coefficient (Wildman–Crippen LogP) is 1.98. The van der Waals surface area contributed by atoms with Crippen molar-refractivity contribution in [3.63, 3.8) is 0 Å². The number of benzene rings is 1. The van der Waals surface area contributed by atoms with E-state index in [9.17, 15) is 4.79 Å².